The summed E-state index contributed by atoms with van der Waals surface area (Å²) in [6.45, 7) is 5.46. The number of hydrogen-bond donors (Lipinski definition) is 3. The van der Waals surface area contributed by atoms with Gasteiger partial charge in [0.15, 0.2) is 0 Å². The second-order valence-electron chi connectivity index (χ2n) is 4.50. The first-order valence-corrected chi connectivity index (χ1v) is 6.44. The first-order chi connectivity index (χ1) is 8.60. The molecule has 0 radical (unpaired) electrons. The Hall–Kier alpha value is -1.14. The molecule has 0 spiro atoms. The maximum Gasteiger partial charge on any atom is 0.326 e. The molecule has 0 aromatic rings. The molecule has 1 aliphatic rings. The topological polar surface area (TPSA) is 87.7 Å². The van der Waals surface area contributed by atoms with Crippen molar-refractivity contribution in [2.24, 2.45) is 5.92 Å². The first-order valence-electron chi connectivity index (χ1n) is 6.44. The summed E-state index contributed by atoms with van der Waals surface area (Å²) in [5.74, 6) is -1.52. The fourth-order valence-electron chi connectivity index (χ4n) is 2.10. The van der Waals surface area contributed by atoms with Gasteiger partial charge in [-0.05, 0) is 13.0 Å². The molecule has 2 unspecified atom stereocenters. The zero-order valence-electron chi connectivity index (χ0n) is 10.9. The summed E-state index contributed by atoms with van der Waals surface area (Å²) in [5, 5.41) is 14.8. The molecule has 1 saturated heterocycles. The van der Waals surface area contributed by atoms with E-state index in [0.717, 1.165) is 13.0 Å². The maximum absolute atomic E-state index is 12.0. The average Bonchev–Trinajstić information content (AvgIpc) is 2.77. The number of carbonyl (C=O) groups is 2. The minimum Gasteiger partial charge on any atom is -0.480 e. The molecule has 1 rings (SSSR count). The fourth-order valence-corrected chi connectivity index (χ4v) is 2.10. The van der Waals surface area contributed by atoms with Crippen molar-refractivity contribution in [3.05, 3.63) is 0 Å². The van der Waals surface area contributed by atoms with E-state index in [2.05, 4.69) is 10.6 Å². The standard InChI is InChI=1S/C12H22N2O4/c1-3-5-9(12(16)17)14-11(15)8-6-18-7-10(8)13-4-2/h8-10,13H,3-7H2,1-2H3,(H,14,15)(H,16,17)/t8?,9-,10?/m1/s1. The van der Waals surface area contributed by atoms with Crippen LogP contribution in [0.25, 0.3) is 0 Å². The van der Waals surface area contributed by atoms with E-state index in [0.29, 0.717) is 19.6 Å². The van der Waals surface area contributed by atoms with Crippen molar-refractivity contribution >= 4 is 11.9 Å². The van der Waals surface area contributed by atoms with E-state index in [9.17, 15) is 9.59 Å². The molecule has 0 aromatic carbocycles. The Labute approximate surface area is 107 Å². The Balaban J connectivity index is 2.54. The number of nitrogens with one attached hydrogen (secondary N) is 2. The van der Waals surface area contributed by atoms with Crippen LogP contribution in [0.3, 0.4) is 0 Å². The number of carbonyl (C=O) groups excluding carboxylic acids is 1. The molecule has 1 amide bonds. The Bertz CT molecular complexity index is 296. The summed E-state index contributed by atoms with van der Waals surface area (Å²) in [6, 6.07) is -0.823. The van der Waals surface area contributed by atoms with E-state index in [1.807, 2.05) is 13.8 Å². The van der Waals surface area contributed by atoms with E-state index >= 15 is 0 Å². The molecule has 104 valence electrons. The van der Waals surface area contributed by atoms with Crippen LogP contribution in [0.1, 0.15) is 26.7 Å². The average molecular weight is 258 g/mol. The zero-order chi connectivity index (χ0) is 13.5. The quantitative estimate of drug-likeness (QED) is 0.597. The number of ether oxygens (including phenoxy) is 1. The van der Waals surface area contributed by atoms with E-state index in [-0.39, 0.29) is 17.9 Å². The molecule has 1 fully saturated rings. The monoisotopic (exact) mass is 258 g/mol. The largest absolute Gasteiger partial charge is 0.480 e. The lowest BCUT2D eigenvalue weighted by Crippen LogP contribution is -2.49. The van der Waals surface area contributed by atoms with Crippen molar-refractivity contribution < 1.29 is 19.4 Å². The highest BCUT2D eigenvalue weighted by Gasteiger charge is 2.35. The predicted octanol–water partition coefficient (Wildman–Crippen LogP) is -0.0196. The van der Waals surface area contributed by atoms with Gasteiger partial charge in [0.1, 0.15) is 6.04 Å². The van der Waals surface area contributed by atoms with Crippen LogP contribution >= 0.6 is 0 Å². The van der Waals surface area contributed by atoms with E-state index < -0.39 is 12.0 Å². The van der Waals surface area contributed by atoms with E-state index in [1.165, 1.54) is 0 Å². The van der Waals surface area contributed by atoms with Crippen LogP contribution in [-0.4, -0.2) is 48.8 Å². The van der Waals surface area contributed by atoms with Crippen LogP contribution in [-0.2, 0) is 14.3 Å². The molecule has 1 heterocycles. The SMILES string of the molecule is CCC[C@@H](NC(=O)C1COCC1NCC)C(=O)O. The van der Waals surface area contributed by atoms with Crippen molar-refractivity contribution in [1.82, 2.24) is 10.6 Å². The van der Waals surface area contributed by atoms with Crippen LogP contribution in [0.2, 0.25) is 0 Å². The molecule has 6 nitrogen and oxygen atoms in total. The van der Waals surface area contributed by atoms with Crippen molar-refractivity contribution in [2.75, 3.05) is 19.8 Å². The summed E-state index contributed by atoms with van der Waals surface area (Å²) in [5.41, 5.74) is 0. The van der Waals surface area contributed by atoms with Gasteiger partial charge in [0.25, 0.3) is 0 Å². The molecule has 3 N–H and O–H groups in total. The highest BCUT2D eigenvalue weighted by atomic mass is 16.5. The predicted molar refractivity (Wildman–Crippen MR) is 66.2 cm³/mol. The molecule has 0 bridgehead atoms. The maximum atomic E-state index is 12.0. The molecule has 18 heavy (non-hydrogen) atoms. The molecule has 3 atom stereocenters. The van der Waals surface area contributed by atoms with Gasteiger partial charge in [-0.3, -0.25) is 4.79 Å². The number of hydrogen-bond acceptors (Lipinski definition) is 4. The number of amides is 1. The van der Waals surface area contributed by atoms with Gasteiger partial charge in [-0.2, -0.15) is 0 Å². The molecule has 1 aliphatic heterocycles. The van der Waals surface area contributed by atoms with Gasteiger partial charge in [0, 0.05) is 6.04 Å². The third kappa shape index (κ3) is 3.96. The Morgan fingerprint density at radius 1 is 1.39 bits per heavy atom. The lowest BCUT2D eigenvalue weighted by molar-refractivity contribution is -0.142. The Morgan fingerprint density at radius 2 is 2.11 bits per heavy atom. The van der Waals surface area contributed by atoms with Crippen LogP contribution in [0.15, 0.2) is 0 Å². The van der Waals surface area contributed by atoms with Crippen molar-refractivity contribution in [1.29, 1.82) is 0 Å². The minimum atomic E-state index is -0.982. The summed E-state index contributed by atoms with van der Waals surface area (Å²) in [6.07, 6.45) is 1.16. The van der Waals surface area contributed by atoms with Gasteiger partial charge in [0.05, 0.1) is 19.1 Å². The third-order valence-electron chi connectivity index (χ3n) is 3.08. The number of carboxylic acids is 1. The first kappa shape index (κ1) is 14.9. The molecule has 6 heteroatoms. The lowest BCUT2D eigenvalue weighted by atomic mass is 10.0. The molecule has 0 aromatic heterocycles. The summed E-state index contributed by atoms with van der Waals surface area (Å²) in [4.78, 5) is 23.0. The normalized spacial score (nSPS) is 24.8. The molecular weight excluding hydrogens is 236 g/mol. The van der Waals surface area contributed by atoms with Crippen molar-refractivity contribution in [3.8, 4) is 0 Å². The number of rotatable bonds is 7. The van der Waals surface area contributed by atoms with Gasteiger partial charge in [-0.15, -0.1) is 0 Å². The highest BCUT2D eigenvalue weighted by molar-refractivity contribution is 5.85. The van der Waals surface area contributed by atoms with Gasteiger partial charge < -0.3 is 20.5 Å². The summed E-state index contributed by atoms with van der Waals surface area (Å²) < 4.78 is 5.27. The Morgan fingerprint density at radius 3 is 2.67 bits per heavy atom. The molecule has 0 saturated carbocycles. The van der Waals surface area contributed by atoms with Gasteiger partial charge >= 0.3 is 5.97 Å². The van der Waals surface area contributed by atoms with Crippen LogP contribution in [0.4, 0.5) is 0 Å². The zero-order valence-corrected chi connectivity index (χ0v) is 10.9. The second kappa shape index (κ2) is 7.33. The minimum absolute atomic E-state index is 0.0222. The van der Waals surface area contributed by atoms with E-state index in [4.69, 9.17) is 9.84 Å². The van der Waals surface area contributed by atoms with E-state index in [1.54, 1.807) is 0 Å². The fraction of sp³-hybridized carbons (Fsp3) is 0.833. The third-order valence-corrected chi connectivity index (χ3v) is 3.08. The molecular formula is C12H22N2O4. The van der Waals surface area contributed by atoms with Crippen LogP contribution in [0.5, 0.6) is 0 Å². The van der Waals surface area contributed by atoms with Gasteiger partial charge in [0.2, 0.25) is 5.91 Å². The van der Waals surface area contributed by atoms with Crippen molar-refractivity contribution in [3.63, 3.8) is 0 Å². The van der Waals surface area contributed by atoms with Gasteiger partial charge in [-0.1, -0.05) is 20.3 Å². The van der Waals surface area contributed by atoms with Gasteiger partial charge in [-0.25, -0.2) is 4.79 Å². The second-order valence-corrected chi connectivity index (χ2v) is 4.50. The van der Waals surface area contributed by atoms with Crippen LogP contribution in [0, 0.1) is 5.92 Å². The lowest BCUT2D eigenvalue weighted by Gasteiger charge is -2.20. The summed E-state index contributed by atoms with van der Waals surface area (Å²) >= 11 is 0. The summed E-state index contributed by atoms with van der Waals surface area (Å²) in [7, 11) is 0. The smallest absolute Gasteiger partial charge is 0.326 e. The highest BCUT2D eigenvalue weighted by Crippen LogP contribution is 2.14. The number of aliphatic carboxylic acids is 1. The molecule has 0 aliphatic carbocycles. The van der Waals surface area contributed by atoms with Crippen molar-refractivity contribution in [2.45, 2.75) is 38.8 Å². The Kier molecular flexibility index (Phi) is 6.07. The van der Waals surface area contributed by atoms with Crippen LogP contribution < -0.4 is 10.6 Å². The number of likely N-dealkylation sites (N-methyl/N-ethyl adjacent to an activating group) is 1. The number of carboxylic acid groups (broad SMARTS) is 1.